The number of halogens is 4. The number of ketones is 2. The SMILES string of the molecule is CCN(CC)C(=O)COC(=O)CC[C@H](C(=O)CCc1ccc(Cl)c(Cl)c1)N1CCC(CCc2ccccc2)N2C[C@H](N)C[C@H]2C1=O.CCN(CC)C(=O)COC(=O)CC[C@H](C(=O)CCc1ccc(Cl)c(Cl)c1)N1CCC(CCc2ccccc2)N2C[C@H](NC(=O)OC(C)(C)C)C[C@H]2C1=O. The third-order valence-electron chi connectivity index (χ3n) is 19.1. The van der Waals surface area contributed by atoms with Gasteiger partial charge in [-0.1, -0.05) is 119 Å². The van der Waals surface area contributed by atoms with Gasteiger partial charge in [0.1, 0.15) is 5.60 Å². The van der Waals surface area contributed by atoms with E-state index in [0.29, 0.717) is 111 Å². The monoisotopic (exact) mass is 1440 g/mol. The van der Waals surface area contributed by atoms with Crippen molar-refractivity contribution in [2.75, 3.05) is 65.6 Å². The van der Waals surface area contributed by atoms with Crippen LogP contribution in [0.25, 0.3) is 0 Å². The van der Waals surface area contributed by atoms with Crippen molar-refractivity contribution in [3.8, 4) is 0 Å². The lowest BCUT2D eigenvalue weighted by atomic mass is 9.97. The molecular formula is C75H100Cl4N8O12. The molecule has 8 atom stereocenters. The molecule has 0 radical (unpaired) electrons. The predicted molar refractivity (Wildman–Crippen MR) is 385 cm³/mol. The van der Waals surface area contributed by atoms with Crippen LogP contribution in [0.1, 0.15) is 148 Å². The molecule has 4 heterocycles. The molecule has 8 rings (SSSR count). The number of benzene rings is 4. The smallest absolute Gasteiger partial charge is 0.407 e. The molecule has 4 saturated heterocycles. The number of ether oxygens (including phenoxy) is 3. The Kier molecular flexibility index (Phi) is 31.4. The fourth-order valence-corrected chi connectivity index (χ4v) is 14.5. The topological polar surface area (TPSA) is 239 Å². The highest BCUT2D eigenvalue weighted by Gasteiger charge is 2.48. The van der Waals surface area contributed by atoms with E-state index in [4.69, 9.17) is 66.3 Å². The highest BCUT2D eigenvalue weighted by molar-refractivity contribution is 6.42. The van der Waals surface area contributed by atoms with Gasteiger partial charge in [-0.2, -0.15) is 0 Å². The van der Waals surface area contributed by atoms with Crippen molar-refractivity contribution in [3.63, 3.8) is 0 Å². The Morgan fingerprint density at radius 3 is 1.36 bits per heavy atom. The van der Waals surface area contributed by atoms with Crippen molar-refractivity contribution in [2.45, 2.75) is 205 Å². The van der Waals surface area contributed by atoms with Gasteiger partial charge in [-0.15, -0.1) is 0 Å². The number of hydrogen-bond donors (Lipinski definition) is 2. The van der Waals surface area contributed by atoms with Gasteiger partial charge >= 0.3 is 18.0 Å². The molecule has 0 bridgehead atoms. The van der Waals surface area contributed by atoms with Crippen LogP contribution in [0.5, 0.6) is 0 Å². The van der Waals surface area contributed by atoms with Crippen molar-refractivity contribution in [2.24, 2.45) is 5.73 Å². The molecule has 0 aliphatic carbocycles. The van der Waals surface area contributed by atoms with Gasteiger partial charge in [-0.05, 0) is 172 Å². The van der Waals surface area contributed by atoms with Crippen LogP contribution in [0.15, 0.2) is 97.1 Å². The van der Waals surface area contributed by atoms with E-state index in [1.807, 2.05) is 76.2 Å². The normalized spacial score (nSPS) is 20.0. The van der Waals surface area contributed by atoms with Crippen molar-refractivity contribution in [1.82, 2.24) is 34.7 Å². The fourth-order valence-electron chi connectivity index (χ4n) is 13.8. The fraction of sp³-hybridized carbons (Fsp3) is 0.560. The third-order valence-corrected chi connectivity index (χ3v) is 20.6. The summed E-state index contributed by atoms with van der Waals surface area (Å²) in [5.41, 5.74) is 9.82. The second kappa shape index (κ2) is 39.0. The number of nitrogens with two attached hydrogens (primary N) is 1. The minimum absolute atomic E-state index is 0.00242. The second-order valence-electron chi connectivity index (χ2n) is 27.0. The quantitative estimate of drug-likeness (QED) is 0.0352. The number of fused-ring (bicyclic) bond motifs is 2. The van der Waals surface area contributed by atoms with E-state index in [1.54, 1.807) is 64.6 Å². The summed E-state index contributed by atoms with van der Waals surface area (Å²) >= 11 is 24.6. The van der Waals surface area contributed by atoms with E-state index in [0.717, 1.165) is 36.8 Å². The molecule has 2 unspecified atom stereocenters. The van der Waals surface area contributed by atoms with Gasteiger partial charge in [-0.25, -0.2) is 4.79 Å². The van der Waals surface area contributed by atoms with Gasteiger partial charge < -0.3 is 44.9 Å². The molecule has 4 aliphatic heterocycles. The molecule has 4 aromatic rings. The summed E-state index contributed by atoms with van der Waals surface area (Å²) < 4.78 is 16.1. The molecule has 99 heavy (non-hydrogen) atoms. The number of hydrogen-bond acceptors (Lipinski definition) is 15. The molecule has 5 amide bonds. The lowest BCUT2D eigenvalue weighted by molar-refractivity contribution is -0.153. The van der Waals surface area contributed by atoms with Crippen LogP contribution < -0.4 is 11.1 Å². The van der Waals surface area contributed by atoms with Gasteiger partial charge in [0.15, 0.2) is 24.8 Å². The average Bonchev–Trinajstić information content (AvgIpc) is 1.65. The number of carbonyl (C=O) groups is 9. The Morgan fingerprint density at radius 1 is 0.545 bits per heavy atom. The maximum Gasteiger partial charge on any atom is 0.407 e. The van der Waals surface area contributed by atoms with Gasteiger partial charge in [0.2, 0.25) is 11.8 Å². The molecule has 4 fully saturated rings. The van der Waals surface area contributed by atoms with E-state index in [2.05, 4.69) is 39.4 Å². The lowest BCUT2D eigenvalue weighted by Crippen LogP contribution is -2.50. The van der Waals surface area contributed by atoms with Gasteiger partial charge in [-0.3, -0.25) is 48.2 Å². The van der Waals surface area contributed by atoms with Gasteiger partial charge in [0.05, 0.1) is 44.3 Å². The number of Topliss-reactive ketones (excluding diaryl/α,β-unsaturated/α-hetero) is 2. The zero-order valence-corrected chi connectivity index (χ0v) is 61.4. The number of alkyl carbamates (subject to hydrolysis) is 1. The Balaban J connectivity index is 0.000000281. The molecule has 540 valence electrons. The number of nitrogens with one attached hydrogen (secondary N) is 1. The maximum absolute atomic E-state index is 14.6. The molecule has 4 aromatic carbocycles. The van der Waals surface area contributed by atoms with Gasteiger partial charge in [0, 0.05) is 102 Å². The van der Waals surface area contributed by atoms with Crippen molar-refractivity contribution >= 4 is 99.6 Å². The van der Waals surface area contributed by atoms with E-state index >= 15 is 0 Å². The molecule has 4 aliphatic rings. The van der Waals surface area contributed by atoms with Crippen LogP contribution >= 0.6 is 46.4 Å². The number of esters is 2. The Hall–Kier alpha value is -6.65. The van der Waals surface area contributed by atoms with E-state index in [1.165, 1.54) is 11.1 Å². The van der Waals surface area contributed by atoms with E-state index in [9.17, 15) is 43.2 Å². The van der Waals surface area contributed by atoms with Gasteiger partial charge in [0.25, 0.3) is 11.8 Å². The number of likely N-dealkylation sites (N-methyl/N-ethyl adjacent to an activating group) is 2. The van der Waals surface area contributed by atoms with Crippen LogP contribution in [-0.2, 0) is 78.3 Å². The largest absolute Gasteiger partial charge is 0.456 e. The van der Waals surface area contributed by atoms with Crippen LogP contribution in [0, 0.1) is 0 Å². The van der Waals surface area contributed by atoms with Crippen LogP contribution in [-0.4, -0.2) is 202 Å². The summed E-state index contributed by atoms with van der Waals surface area (Å²) in [7, 11) is 0. The van der Waals surface area contributed by atoms with E-state index < -0.39 is 47.8 Å². The number of amides is 5. The first-order valence-corrected chi connectivity index (χ1v) is 36.6. The van der Waals surface area contributed by atoms with Crippen LogP contribution in [0.3, 0.4) is 0 Å². The summed E-state index contributed by atoms with van der Waals surface area (Å²) in [6, 6.07) is 27.9. The summed E-state index contributed by atoms with van der Waals surface area (Å²) in [5, 5.41) is 4.61. The van der Waals surface area contributed by atoms with Crippen molar-refractivity contribution in [3.05, 3.63) is 139 Å². The molecule has 20 nitrogen and oxygen atoms in total. The Morgan fingerprint density at radius 2 is 0.960 bits per heavy atom. The maximum atomic E-state index is 14.6. The standard InChI is InChI=1S/C40H54Cl2N4O7.C35H46Cl2N4O5/c1-6-44(7-2)36(48)26-52-37(49)20-18-33(35(47)19-15-28-14-17-31(41)32(42)23-28)45-22-21-30(16-13-27-11-9-8-10-12-27)46-25-29(24-34(46)38(45)50)43-39(51)53-40(3,4)5;1-3-39(4-2)33(43)23-46-34(44)17-15-30(32(42)16-12-25-11-14-28(36)29(37)20-25)40-19-18-27(13-10-24-8-6-5-7-9-24)41-22-26(38)21-31(41)35(40)45/h8-12,14,17,23,29-30,33-34H,6-7,13,15-16,18-22,24-26H2,1-5H3,(H,43,51);5-9,11,14,20,26-27,30-31H,3-4,10,12-13,15-19,21-23,38H2,1-2H3/t29-,30?,33-,34+;26-,27?,30-,31+/m11/s1. The van der Waals surface area contributed by atoms with Crippen LogP contribution in [0.2, 0.25) is 20.1 Å². The minimum atomic E-state index is -0.899. The minimum Gasteiger partial charge on any atom is -0.456 e. The van der Waals surface area contributed by atoms with E-state index in [-0.39, 0.29) is 111 Å². The van der Waals surface area contributed by atoms with Crippen molar-refractivity contribution in [1.29, 1.82) is 0 Å². The number of rotatable bonds is 31. The first kappa shape index (κ1) is 79.7. The average molecular weight is 1450 g/mol. The summed E-state index contributed by atoms with van der Waals surface area (Å²) in [6.07, 6.45) is 5.94. The second-order valence-corrected chi connectivity index (χ2v) is 28.6. The Bertz CT molecular complexity index is 3370. The zero-order valence-electron chi connectivity index (χ0n) is 58.4. The highest BCUT2D eigenvalue weighted by Crippen LogP contribution is 2.34. The lowest BCUT2D eigenvalue weighted by Gasteiger charge is -2.32. The van der Waals surface area contributed by atoms with Crippen molar-refractivity contribution < 1.29 is 57.4 Å². The molecular weight excluding hydrogens is 1350 g/mol. The van der Waals surface area contributed by atoms with Crippen LogP contribution in [0.4, 0.5) is 4.79 Å². The number of carbonyl (C=O) groups excluding carboxylic acids is 9. The molecule has 0 saturated carbocycles. The number of aryl methyl sites for hydroxylation is 4. The predicted octanol–water partition coefficient (Wildman–Crippen LogP) is 10.9. The molecule has 0 aromatic heterocycles. The first-order chi connectivity index (χ1) is 47.3. The summed E-state index contributed by atoms with van der Waals surface area (Å²) in [6.45, 7) is 15.9. The first-order valence-electron chi connectivity index (χ1n) is 35.0. The zero-order chi connectivity index (χ0) is 71.9. The third kappa shape index (κ3) is 24.0. The molecule has 0 spiro atoms. The molecule has 24 heteroatoms. The highest BCUT2D eigenvalue weighted by atomic mass is 35.5. The Labute approximate surface area is 604 Å². The summed E-state index contributed by atoms with van der Waals surface area (Å²) in [5.74, 6) is -2.40. The molecule has 3 N–H and O–H groups in total. The number of nitrogens with zero attached hydrogens (tertiary/aromatic N) is 6. The summed E-state index contributed by atoms with van der Waals surface area (Å²) in [4.78, 5) is 131.